The van der Waals surface area contributed by atoms with Crippen molar-refractivity contribution in [2.75, 3.05) is 11.9 Å². The average Bonchev–Trinajstić information content (AvgIpc) is 3.05. The predicted octanol–water partition coefficient (Wildman–Crippen LogP) is 2.57. The highest BCUT2D eigenvalue weighted by Crippen LogP contribution is 2.26. The van der Waals surface area contributed by atoms with Crippen LogP contribution in [0.15, 0.2) is 45.7 Å². The van der Waals surface area contributed by atoms with Gasteiger partial charge >= 0.3 is 11.7 Å². The maximum absolute atomic E-state index is 12.2. The van der Waals surface area contributed by atoms with Crippen LogP contribution in [0.5, 0.6) is 0 Å². The Labute approximate surface area is 183 Å². The van der Waals surface area contributed by atoms with Gasteiger partial charge in [-0.25, -0.2) is 9.59 Å². The van der Waals surface area contributed by atoms with Gasteiger partial charge in [-0.1, -0.05) is 23.7 Å². The van der Waals surface area contributed by atoms with Gasteiger partial charge in [0.1, 0.15) is 6.04 Å². The molecule has 3 rings (SSSR count). The Hall–Kier alpha value is -3.11. The lowest BCUT2D eigenvalue weighted by Crippen LogP contribution is -2.40. The summed E-state index contributed by atoms with van der Waals surface area (Å²) >= 11 is 9.25. The second-order valence-electron chi connectivity index (χ2n) is 6.29. The molecule has 30 heavy (non-hydrogen) atoms. The van der Waals surface area contributed by atoms with Crippen LogP contribution in [0.2, 0.25) is 5.02 Å². The van der Waals surface area contributed by atoms with Gasteiger partial charge in [-0.3, -0.25) is 9.59 Å². The van der Waals surface area contributed by atoms with E-state index in [2.05, 4.69) is 36.5 Å². The van der Waals surface area contributed by atoms with Gasteiger partial charge in [0.05, 0.1) is 27.3 Å². The Morgan fingerprint density at radius 3 is 2.53 bits per heavy atom. The van der Waals surface area contributed by atoms with Crippen molar-refractivity contribution in [3.05, 3.63) is 61.9 Å². The standard InChI is InChI=1S/C19H16BrClN4O5/c1-9(22-17(27)10-4-2-3-5-12(10)21)18(28)30-8-16(26)23-13-7-15-14(6-11(13)20)24-19(29)25-15/h2-7,9H,8H2,1H3,(H,22,27)(H,23,26)(H2,24,25,29)/t9-/m0/s1. The zero-order chi connectivity index (χ0) is 21.8. The van der Waals surface area contributed by atoms with Crippen molar-refractivity contribution in [1.29, 1.82) is 0 Å². The molecule has 0 fully saturated rings. The van der Waals surface area contributed by atoms with Gasteiger partial charge in [-0.15, -0.1) is 0 Å². The van der Waals surface area contributed by atoms with Crippen molar-refractivity contribution in [3.8, 4) is 0 Å². The number of hydrogen-bond acceptors (Lipinski definition) is 5. The monoisotopic (exact) mass is 494 g/mol. The molecule has 1 atom stereocenters. The molecule has 0 saturated carbocycles. The largest absolute Gasteiger partial charge is 0.454 e. The maximum Gasteiger partial charge on any atom is 0.328 e. The smallest absolute Gasteiger partial charge is 0.328 e. The number of esters is 1. The third-order valence-corrected chi connectivity index (χ3v) is 5.03. The fourth-order valence-corrected chi connectivity index (χ4v) is 3.24. The predicted molar refractivity (Wildman–Crippen MR) is 115 cm³/mol. The number of aromatic nitrogens is 2. The zero-order valence-corrected chi connectivity index (χ0v) is 17.9. The number of H-pyrrole nitrogens is 2. The summed E-state index contributed by atoms with van der Waals surface area (Å²) in [6.07, 6.45) is 0. The quantitative estimate of drug-likeness (QED) is 0.390. The topological polar surface area (TPSA) is 133 Å². The van der Waals surface area contributed by atoms with Crippen molar-refractivity contribution < 1.29 is 19.1 Å². The first-order chi connectivity index (χ1) is 14.2. The van der Waals surface area contributed by atoms with Crippen LogP contribution < -0.4 is 16.3 Å². The summed E-state index contributed by atoms with van der Waals surface area (Å²) in [5.74, 6) is -1.91. The molecule has 0 spiro atoms. The zero-order valence-electron chi connectivity index (χ0n) is 15.5. The van der Waals surface area contributed by atoms with Crippen LogP contribution in [0.3, 0.4) is 0 Å². The van der Waals surface area contributed by atoms with E-state index in [1.807, 2.05) is 0 Å². The van der Waals surface area contributed by atoms with E-state index in [-0.39, 0.29) is 16.3 Å². The molecule has 2 amide bonds. The van der Waals surface area contributed by atoms with E-state index in [1.165, 1.54) is 13.0 Å². The van der Waals surface area contributed by atoms with Crippen molar-refractivity contribution in [3.63, 3.8) is 0 Å². The van der Waals surface area contributed by atoms with Crippen LogP contribution >= 0.6 is 27.5 Å². The first kappa shape index (κ1) is 21.6. The van der Waals surface area contributed by atoms with Crippen molar-refractivity contribution in [1.82, 2.24) is 15.3 Å². The molecule has 3 aromatic rings. The van der Waals surface area contributed by atoms with Crippen molar-refractivity contribution >= 4 is 62.0 Å². The molecule has 4 N–H and O–H groups in total. The van der Waals surface area contributed by atoms with Gasteiger partial charge in [-0.05, 0) is 47.1 Å². The minimum Gasteiger partial charge on any atom is -0.454 e. The van der Waals surface area contributed by atoms with Crippen LogP contribution in [0.4, 0.5) is 5.69 Å². The summed E-state index contributed by atoms with van der Waals surface area (Å²) in [6.45, 7) is 0.876. The minimum absolute atomic E-state index is 0.222. The number of imidazole rings is 1. The molecule has 0 aliphatic carbocycles. The fraction of sp³-hybridized carbons (Fsp3) is 0.158. The fourth-order valence-electron chi connectivity index (χ4n) is 2.58. The van der Waals surface area contributed by atoms with Gasteiger partial charge in [0.25, 0.3) is 11.8 Å². The van der Waals surface area contributed by atoms with Crippen LogP contribution in [0, 0.1) is 0 Å². The maximum atomic E-state index is 12.2. The van der Waals surface area contributed by atoms with E-state index in [0.717, 1.165) is 0 Å². The van der Waals surface area contributed by atoms with Gasteiger partial charge in [0.15, 0.2) is 6.61 Å². The lowest BCUT2D eigenvalue weighted by atomic mass is 10.2. The number of nitrogens with one attached hydrogen (secondary N) is 4. The van der Waals surface area contributed by atoms with E-state index in [4.69, 9.17) is 16.3 Å². The SMILES string of the molecule is C[C@H](NC(=O)c1ccccc1Cl)C(=O)OCC(=O)Nc1cc2[nH]c(=O)[nH]c2cc1Br. The first-order valence-electron chi connectivity index (χ1n) is 8.68. The number of amides is 2. The number of fused-ring (bicyclic) bond motifs is 1. The highest BCUT2D eigenvalue weighted by molar-refractivity contribution is 9.10. The number of anilines is 1. The number of hydrogen-bond donors (Lipinski definition) is 4. The van der Waals surface area contributed by atoms with Crippen LogP contribution in [0.25, 0.3) is 11.0 Å². The summed E-state index contributed by atoms with van der Waals surface area (Å²) in [5, 5.41) is 5.29. The molecule has 11 heteroatoms. The van der Waals surface area contributed by atoms with Crippen LogP contribution in [-0.2, 0) is 14.3 Å². The van der Waals surface area contributed by atoms with Crippen LogP contribution in [-0.4, -0.2) is 40.4 Å². The second-order valence-corrected chi connectivity index (χ2v) is 7.55. The Morgan fingerprint density at radius 1 is 1.17 bits per heavy atom. The first-order valence-corrected chi connectivity index (χ1v) is 9.85. The number of ether oxygens (including phenoxy) is 1. The van der Waals surface area contributed by atoms with Gasteiger partial charge in [-0.2, -0.15) is 0 Å². The molecule has 9 nitrogen and oxygen atoms in total. The third kappa shape index (κ3) is 5.08. The molecular formula is C19H16BrClN4O5. The Balaban J connectivity index is 1.54. The normalized spacial score (nSPS) is 11.7. The Kier molecular flexibility index (Phi) is 6.58. The highest BCUT2D eigenvalue weighted by Gasteiger charge is 2.20. The lowest BCUT2D eigenvalue weighted by molar-refractivity contribution is -0.148. The number of carbonyl (C=O) groups excluding carboxylic acids is 3. The van der Waals surface area contributed by atoms with Gasteiger partial charge in [0.2, 0.25) is 0 Å². The highest BCUT2D eigenvalue weighted by atomic mass is 79.9. The minimum atomic E-state index is -0.991. The molecule has 0 aliphatic rings. The number of halogens is 2. The number of rotatable bonds is 6. The molecule has 1 heterocycles. The van der Waals surface area contributed by atoms with E-state index in [9.17, 15) is 19.2 Å². The molecular weight excluding hydrogens is 480 g/mol. The number of aromatic amines is 2. The van der Waals surface area contributed by atoms with Gasteiger partial charge < -0.3 is 25.3 Å². The average molecular weight is 496 g/mol. The molecule has 156 valence electrons. The Bertz CT molecular complexity index is 1190. The van der Waals surface area contributed by atoms with Crippen molar-refractivity contribution in [2.24, 2.45) is 0 Å². The number of benzene rings is 2. The van der Waals surface area contributed by atoms with Crippen molar-refractivity contribution in [2.45, 2.75) is 13.0 Å². The lowest BCUT2D eigenvalue weighted by Gasteiger charge is -2.14. The summed E-state index contributed by atoms with van der Waals surface area (Å²) in [5.41, 5.74) is 1.31. The second kappa shape index (κ2) is 9.14. The molecule has 0 unspecified atom stereocenters. The summed E-state index contributed by atoms with van der Waals surface area (Å²) < 4.78 is 5.49. The summed E-state index contributed by atoms with van der Waals surface area (Å²) in [6, 6.07) is 8.60. The summed E-state index contributed by atoms with van der Waals surface area (Å²) in [7, 11) is 0. The van der Waals surface area contributed by atoms with E-state index < -0.39 is 30.4 Å². The Morgan fingerprint density at radius 2 is 1.83 bits per heavy atom. The van der Waals surface area contributed by atoms with Crippen LogP contribution in [0.1, 0.15) is 17.3 Å². The van der Waals surface area contributed by atoms with E-state index in [0.29, 0.717) is 21.2 Å². The number of carbonyl (C=O) groups is 3. The summed E-state index contributed by atoms with van der Waals surface area (Å²) in [4.78, 5) is 52.9. The van der Waals surface area contributed by atoms with E-state index >= 15 is 0 Å². The molecule has 0 radical (unpaired) electrons. The van der Waals surface area contributed by atoms with Gasteiger partial charge in [0, 0.05) is 4.47 Å². The third-order valence-electron chi connectivity index (χ3n) is 4.04. The molecule has 2 aromatic carbocycles. The molecule has 0 bridgehead atoms. The molecule has 1 aromatic heterocycles. The molecule has 0 saturated heterocycles. The van der Waals surface area contributed by atoms with E-state index in [1.54, 1.807) is 30.3 Å². The molecule has 0 aliphatic heterocycles.